The molecule has 3 rings (SSSR count). The minimum absolute atomic E-state index is 0.0810. The van der Waals surface area contributed by atoms with Gasteiger partial charge in [-0.15, -0.1) is 11.3 Å². The van der Waals surface area contributed by atoms with Gasteiger partial charge >= 0.3 is 0 Å². The molecule has 0 bridgehead atoms. The lowest BCUT2D eigenvalue weighted by atomic mass is 10.1. The fraction of sp³-hybridized carbons (Fsp3) is 0.370. The van der Waals surface area contributed by atoms with E-state index in [-0.39, 0.29) is 11.0 Å². The second-order valence-electron chi connectivity index (χ2n) is 9.14. The number of fused-ring (bicyclic) bond motifs is 1. The summed E-state index contributed by atoms with van der Waals surface area (Å²) in [5.41, 5.74) is 0.503. The van der Waals surface area contributed by atoms with E-state index in [2.05, 4.69) is 16.0 Å². The molecule has 0 aliphatic carbocycles. The Balaban J connectivity index is 1.85. The van der Waals surface area contributed by atoms with E-state index in [0.717, 1.165) is 4.70 Å². The number of halogens is 1. The summed E-state index contributed by atoms with van der Waals surface area (Å²) in [6.07, 6.45) is 0. The number of hydrogen-bond donors (Lipinski definition) is 3. The number of carbonyl (C=O) groups is 2. The van der Waals surface area contributed by atoms with E-state index in [0.29, 0.717) is 63.6 Å². The smallest absolute Gasteiger partial charge is 0.263 e. The van der Waals surface area contributed by atoms with Gasteiger partial charge < -0.3 is 24.8 Å². The lowest BCUT2D eigenvalue weighted by Gasteiger charge is -2.19. The molecule has 38 heavy (non-hydrogen) atoms. The Hall–Kier alpha value is -3.08. The Labute approximate surface area is 237 Å². The quantitative estimate of drug-likeness (QED) is 0.253. The summed E-state index contributed by atoms with van der Waals surface area (Å²) < 4.78 is 17.9. The number of ether oxygens (including phenoxy) is 3. The van der Waals surface area contributed by atoms with Gasteiger partial charge in [0.15, 0.2) is 16.6 Å². The number of benzene rings is 2. The zero-order valence-electron chi connectivity index (χ0n) is 22.2. The molecule has 0 unspecified atom stereocenters. The number of anilines is 1. The van der Waals surface area contributed by atoms with E-state index in [9.17, 15) is 9.59 Å². The van der Waals surface area contributed by atoms with Gasteiger partial charge in [-0.25, -0.2) is 0 Å². The van der Waals surface area contributed by atoms with Gasteiger partial charge in [-0.1, -0.05) is 23.7 Å². The number of carbonyl (C=O) groups excluding carboxylic acids is 2. The van der Waals surface area contributed by atoms with Gasteiger partial charge in [0.05, 0.1) is 35.2 Å². The molecule has 0 saturated carbocycles. The Morgan fingerprint density at radius 2 is 1.58 bits per heavy atom. The number of nitrogens with one attached hydrogen (secondary N) is 3. The Morgan fingerprint density at radius 1 is 0.974 bits per heavy atom. The molecule has 0 fully saturated rings. The van der Waals surface area contributed by atoms with Crippen LogP contribution in [-0.4, -0.2) is 42.3 Å². The van der Waals surface area contributed by atoms with Crippen molar-refractivity contribution >= 4 is 67.9 Å². The molecule has 1 aromatic heterocycles. The summed E-state index contributed by atoms with van der Waals surface area (Å²) in [5.74, 6) is 0.554. The molecule has 0 aliphatic rings. The van der Waals surface area contributed by atoms with Crippen LogP contribution in [0.3, 0.4) is 0 Å². The molecule has 3 aromatic rings. The molecular formula is C27H32ClN3O5S2. The van der Waals surface area contributed by atoms with Gasteiger partial charge in [-0.2, -0.15) is 0 Å². The van der Waals surface area contributed by atoms with Crippen LogP contribution in [-0.2, 0) is 0 Å². The third kappa shape index (κ3) is 7.06. The first kappa shape index (κ1) is 29.5. The highest BCUT2D eigenvalue weighted by Crippen LogP contribution is 2.40. The van der Waals surface area contributed by atoms with Gasteiger partial charge in [0.25, 0.3) is 11.8 Å². The maximum absolute atomic E-state index is 13.1. The van der Waals surface area contributed by atoms with Crippen LogP contribution >= 0.6 is 35.2 Å². The van der Waals surface area contributed by atoms with E-state index >= 15 is 0 Å². The molecule has 1 heterocycles. The van der Waals surface area contributed by atoms with Crippen molar-refractivity contribution in [3.8, 4) is 17.2 Å². The molecule has 0 saturated heterocycles. The normalized spacial score (nSPS) is 11.1. The zero-order chi connectivity index (χ0) is 28.0. The number of amides is 2. The number of rotatable bonds is 9. The third-order valence-electron chi connectivity index (χ3n) is 5.00. The lowest BCUT2D eigenvalue weighted by Crippen LogP contribution is -2.40. The molecule has 204 valence electrons. The van der Waals surface area contributed by atoms with Crippen molar-refractivity contribution in [2.24, 2.45) is 0 Å². The number of thiocarbonyl (C=S) groups is 1. The fourth-order valence-corrected chi connectivity index (χ4v) is 5.25. The highest BCUT2D eigenvalue weighted by Gasteiger charge is 2.23. The van der Waals surface area contributed by atoms with Gasteiger partial charge in [0.2, 0.25) is 5.75 Å². The fourth-order valence-electron chi connectivity index (χ4n) is 3.58. The molecular weight excluding hydrogens is 546 g/mol. The lowest BCUT2D eigenvalue weighted by molar-refractivity contribution is 0.0922. The predicted molar refractivity (Wildman–Crippen MR) is 158 cm³/mol. The maximum Gasteiger partial charge on any atom is 0.263 e. The zero-order valence-corrected chi connectivity index (χ0v) is 24.6. The SMILES string of the molecule is CCOc1cc(C(=O)NC(=S)Nc2cccc3c(Cl)c(C(=O)NC(C)(C)C)sc23)cc(OCC)c1OCC. The van der Waals surface area contributed by atoms with Crippen molar-refractivity contribution in [3.63, 3.8) is 0 Å². The minimum atomic E-state index is -0.450. The van der Waals surface area contributed by atoms with Crippen molar-refractivity contribution in [1.29, 1.82) is 0 Å². The average molecular weight is 578 g/mol. The molecule has 8 nitrogen and oxygen atoms in total. The van der Waals surface area contributed by atoms with Crippen LogP contribution in [0.2, 0.25) is 5.02 Å². The van der Waals surface area contributed by atoms with Gasteiger partial charge in [0.1, 0.15) is 4.88 Å². The van der Waals surface area contributed by atoms with E-state index in [1.165, 1.54) is 11.3 Å². The molecule has 0 atom stereocenters. The molecule has 2 amide bonds. The van der Waals surface area contributed by atoms with Gasteiger partial charge in [0, 0.05) is 16.5 Å². The van der Waals surface area contributed by atoms with Gasteiger partial charge in [-0.3, -0.25) is 14.9 Å². The summed E-state index contributed by atoms with van der Waals surface area (Å²) in [6, 6.07) is 8.62. The van der Waals surface area contributed by atoms with E-state index in [1.54, 1.807) is 24.3 Å². The molecule has 3 N–H and O–H groups in total. The van der Waals surface area contributed by atoms with Crippen LogP contribution in [0.1, 0.15) is 61.6 Å². The van der Waals surface area contributed by atoms with Crippen LogP contribution in [0.15, 0.2) is 30.3 Å². The van der Waals surface area contributed by atoms with Gasteiger partial charge in [-0.05, 0) is 72.0 Å². The standard InChI is InChI=1S/C27H32ClN3O5S2/c1-7-34-18-13-15(14-19(35-8-2)21(18)36-9-3)24(32)30-26(37)29-17-12-10-11-16-20(28)23(38-22(16)17)25(33)31-27(4,5)6/h10-14H,7-9H2,1-6H3,(H,31,33)(H2,29,30,32,37). The topological polar surface area (TPSA) is 97.9 Å². The van der Waals surface area contributed by atoms with E-state index in [1.807, 2.05) is 47.6 Å². The molecule has 0 radical (unpaired) electrons. The van der Waals surface area contributed by atoms with Crippen LogP contribution in [0.5, 0.6) is 17.2 Å². The summed E-state index contributed by atoms with van der Waals surface area (Å²) >= 11 is 13.2. The predicted octanol–water partition coefficient (Wildman–Crippen LogP) is 6.41. The molecule has 2 aromatic carbocycles. The largest absolute Gasteiger partial charge is 0.490 e. The molecule has 11 heteroatoms. The van der Waals surface area contributed by atoms with Crippen LogP contribution < -0.4 is 30.2 Å². The summed E-state index contributed by atoms with van der Waals surface area (Å²) in [6.45, 7) is 12.4. The average Bonchev–Trinajstić information content (AvgIpc) is 3.18. The highest BCUT2D eigenvalue weighted by atomic mass is 35.5. The van der Waals surface area contributed by atoms with Crippen molar-refractivity contribution in [1.82, 2.24) is 10.6 Å². The summed E-state index contributed by atoms with van der Waals surface area (Å²) in [4.78, 5) is 26.3. The summed E-state index contributed by atoms with van der Waals surface area (Å²) in [7, 11) is 0. The summed E-state index contributed by atoms with van der Waals surface area (Å²) in [5, 5.41) is 9.85. The van der Waals surface area contributed by atoms with Crippen LogP contribution in [0.25, 0.3) is 10.1 Å². The van der Waals surface area contributed by atoms with Crippen LogP contribution in [0, 0.1) is 0 Å². The second kappa shape index (κ2) is 12.6. The maximum atomic E-state index is 13.1. The van der Waals surface area contributed by atoms with Crippen molar-refractivity contribution in [3.05, 3.63) is 45.8 Å². The first-order valence-electron chi connectivity index (χ1n) is 12.2. The Morgan fingerprint density at radius 3 is 2.13 bits per heavy atom. The van der Waals surface area contributed by atoms with Crippen molar-refractivity contribution < 1.29 is 23.8 Å². The monoisotopic (exact) mass is 577 g/mol. The van der Waals surface area contributed by atoms with Crippen LogP contribution in [0.4, 0.5) is 5.69 Å². The molecule has 0 spiro atoms. The first-order valence-corrected chi connectivity index (χ1v) is 13.8. The third-order valence-corrected chi connectivity index (χ3v) is 6.94. The van der Waals surface area contributed by atoms with E-state index in [4.69, 9.17) is 38.0 Å². The van der Waals surface area contributed by atoms with Crippen molar-refractivity contribution in [2.45, 2.75) is 47.1 Å². The number of hydrogen-bond acceptors (Lipinski definition) is 7. The second-order valence-corrected chi connectivity index (χ2v) is 10.9. The minimum Gasteiger partial charge on any atom is -0.490 e. The first-order chi connectivity index (χ1) is 18.0. The number of thiophene rings is 1. The Bertz CT molecular complexity index is 1320. The Kier molecular flexibility index (Phi) is 9.81. The van der Waals surface area contributed by atoms with E-state index < -0.39 is 11.4 Å². The van der Waals surface area contributed by atoms with Crippen molar-refractivity contribution in [2.75, 3.05) is 25.1 Å². The highest BCUT2D eigenvalue weighted by molar-refractivity contribution is 7.80. The molecule has 0 aliphatic heterocycles.